The maximum absolute atomic E-state index is 10.1. The third kappa shape index (κ3) is 36.3. The first kappa shape index (κ1) is 13.5. The minimum Gasteiger partial charge on any atom is -0.370 e. The van der Waals surface area contributed by atoms with Crippen LogP contribution in [0.5, 0.6) is 0 Å². The molecule has 0 unspecified atom stereocenters. The molecule has 0 fully saturated rings. The highest BCUT2D eigenvalue weighted by Gasteiger charge is 1.90. The number of primary amides is 2. The van der Waals surface area contributed by atoms with Gasteiger partial charge in [-0.05, 0) is 6.42 Å². The highest BCUT2D eigenvalue weighted by Crippen LogP contribution is 1.96. The average molecular weight is 174 g/mol. The van der Waals surface area contributed by atoms with Crippen molar-refractivity contribution in [1.82, 2.24) is 0 Å². The van der Waals surface area contributed by atoms with Crippen molar-refractivity contribution in [2.45, 2.75) is 39.5 Å². The summed E-state index contributed by atoms with van der Waals surface area (Å²) in [6.45, 7) is 3.40. The molecule has 0 radical (unpaired) electrons. The highest BCUT2D eigenvalue weighted by atomic mass is 16.1. The van der Waals surface area contributed by atoms with Crippen LogP contribution in [-0.4, -0.2) is 11.8 Å². The molecule has 0 aromatic rings. The number of nitrogens with two attached hydrogens (primary N) is 2. The van der Waals surface area contributed by atoms with Gasteiger partial charge in [0.1, 0.15) is 0 Å². The molecule has 0 aromatic heterocycles. The van der Waals surface area contributed by atoms with Crippen molar-refractivity contribution in [2.24, 2.45) is 11.5 Å². The molecule has 0 aliphatic carbocycles. The van der Waals surface area contributed by atoms with Gasteiger partial charge in [-0.25, -0.2) is 0 Å². The molecule has 4 nitrogen and oxygen atoms in total. The number of amides is 2. The summed E-state index contributed by atoms with van der Waals surface area (Å²) in [4.78, 5) is 19.3. The second kappa shape index (κ2) is 9.94. The Morgan fingerprint density at radius 3 is 1.83 bits per heavy atom. The van der Waals surface area contributed by atoms with Crippen LogP contribution in [0.25, 0.3) is 0 Å². The summed E-state index contributed by atoms with van der Waals surface area (Å²) in [6, 6.07) is 0. The van der Waals surface area contributed by atoms with Crippen molar-refractivity contribution in [2.75, 3.05) is 0 Å². The van der Waals surface area contributed by atoms with Gasteiger partial charge in [0, 0.05) is 13.3 Å². The van der Waals surface area contributed by atoms with Gasteiger partial charge in [-0.2, -0.15) is 0 Å². The third-order valence-corrected chi connectivity index (χ3v) is 1.03. The first-order valence-corrected chi connectivity index (χ1v) is 4.05. The van der Waals surface area contributed by atoms with E-state index in [9.17, 15) is 9.59 Å². The number of carbonyl (C=O) groups excluding carboxylic acids is 2. The Bertz CT molecular complexity index is 131. The molecule has 0 saturated carbocycles. The predicted octanol–water partition coefficient (Wildman–Crippen LogP) is 0.544. The summed E-state index contributed by atoms with van der Waals surface area (Å²) in [5.41, 5.74) is 9.37. The Morgan fingerprint density at radius 2 is 1.58 bits per heavy atom. The van der Waals surface area contributed by atoms with Gasteiger partial charge in [-0.15, -0.1) is 0 Å². The monoisotopic (exact) mass is 174 g/mol. The van der Waals surface area contributed by atoms with Gasteiger partial charge in [0.05, 0.1) is 0 Å². The number of rotatable bonds is 4. The molecule has 4 N–H and O–H groups in total. The lowest BCUT2D eigenvalue weighted by Gasteiger charge is -1.90. The third-order valence-electron chi connectivity index (χ3n) is 1.03. The molecular formula is C8H18N2O2. The zero-order valence-electron chi connectivity index (χ0n) is 7.80. The zero-order chi connectivity index (χ0) is 9.98. The topological polar surface area (TPSA) is 86.2 Å². The molecule has 0 aliphatic rings. The van der Waals surface area contributed by atoms with E-state index < -0.39 is 0 Å². The predicted molar refractivity (Wildman–Crippen MR) is 48.2 cm³/mol. The lowest BCUT2D eigenvalue weighted by Crippen LogP contribution is -2.09. The van der Waals surface area contributed by atoms with Gasteiger partial charge in [-0.3, -0.25) is 9.59 Å². The fraction of sp³-hybridized carbons (Fsp3) is 0.750. The maximum atomic E-state index is 10.1. The molecule has 0 aliphatic heterocycles. The quantitative estimate of drug-likeness (QED) is 0.609. The standard InChI is InChI=1S/C6H13NO.C2H5NO/c1-2-3-4-5-6(7)8;1-2(3)4/h2-5H2,1H3,(H2,7,8);1H3,(H2,3,4). The molecule has 0 heterocycles. The Labute approximate surface area is 73.3 Å². The van der Waals surface area contributed by atoms with Gasteiger partial charge >= 0.3 is 0 Å². The number of unbranched alkanes of at least 4 members (excludes halogenated alkanes) is 2. The van der Waals surface area contributed by atoms with E-state index in [1.807, 2.05) is 0 Å². The summed E-state index contributed by atoms with van der Waals surface area (Å²) < 4.78 is 0. The largest absolute Gasteiger partial charge is 0.370 e. The van der Waals surface area contributed by atoms with E-state index in [0.29, 0.717) is 6.42 Å². The van der Waals surface area contributed by atoms with E-state index in [2.05, 4.69) is 12.7 Å². The summed E-state index contributed by atoms with van der Waals surface area (Å²) >= 11 is 0. The van der Waals surface area contributed by atoms with E-state index in [1.54, 1.807) is 0 Å². The van der Waals surface area contributed by atoms with Crippen LogP contribution in [0.3, 0.4) is 0 Å². The number of hydrogen-bond donors (Lipinski definition) is 2. The first-order chi connectivity index (χ1) is 5.50. The Balaban J connectivity index is 0. The van der Waals surface area contributed by atoms with Gasteiger partial charge in [0.2, 0.25) is 11.8 Å². The molecular weight excluding hydrogens is 156 g/mol. The van der Waals surface area contributed by atoms with Crippen molar-refractivity contribution in [3.05, 3.63) is 0 Å². The van der Waals surface area contributed by atoms with E-state index in [1.165, 1.54) is 6.92 Å². The van der Waals surface area contributed by atoms with Crippen molar-refractivity contribution in [1.29, 1.82) is 0 Å². The number of hydrogen-bond acceptors (Lipinski definition) is 2. The van der Waals surface area contributed by atoms with Crippen molar-refractivity contribution >= 4 is 11.8 Å². The van der Waals surface area contributed by atoms with Crippen LogP contribution >= 0.6 is 0 Å². The van der Waals surface area contributed by atoms with Gasteiger partial charge in [0.15, 0.2) is 0 Å². The fourth-order valence-electron chi connectivity index (χ4n) is 0.549. The molecule has 72 valence electrons. The van der Waals surface area contributed by atoms with Crippen LogP contribution < -0.4 is 11.5 Å². The molecule has 0 aromatic carbocycles. The van der Waals surface area contributed by atoms with Crippen LogP contribution in [0, 0.1) is 0 Å². The van der Waals surface area contributed by atoms with Crippen molar-refractivity contribution in [3.63, 3.8) is 0 Å². The fourth-order valence-corrected chi connectivity index (χ4v) is 0.549. The Kier molecular flexibility index (Phi) is 11.2. The number of carbonyl (C=O) groups is 2. The van der Waals surface area contributed by atoms with Crippen LogP contribution in [0.2, 0.25) is 0 Å². The molecule has 0 rings (SSSR count). The molecule has 2 amide bonds. The van der Waals surface area contributed by atoms with Crippen molar-refractivity contribution < 1.29 is 9.59 Å². The summed E-state index contributed by atoms with van der Waals surface area (Å²) in [7, 11) is 0. The minimum absolute atomic E-state index is 0.182. The maximum Gasteiger partial charge on any atom is 0.217 e. The van der Waals surface area contributed by atoms with E-state index in [4.69, 9.17) is 5.73 Å². The summed E-state index contributed by atoms with van der Waals surface area (Å²) in [5.74, 6) is -0.515. The molecule has 0 saturated heterocycles. The second-order valence-electron chi connectivity index (χ2n) is 2.53. The van der Waals surface area contributed by atoms with E-state index >= 15 is 0 Å². The van der Waals surface area contributed by atoms with E-state index in [0.717, 1.165) is 19.3 Å². The van der Waals surface area contributed by atoms with Crippen LogP contribution in [0.4, 0.5) is 0 Å². The smallest absolute Gasteiger partial charge is 0.217 e. The SMILES string of the molecule is CC(N)=O.CCCCCC(N)=O. The van der Waals surface area contributed by atoms with Gasteiger partial charge in [-0.1, -0.05) is 19.8 Å². The molecule has 12 heavy (non-hydrogen) atoms. The van der Waals surface area contributed by atoms with Crippen LogP contribution in [0.15, 0.2) is 0 Å². The molecule has 0 atom stereocenters. The normalized spacial score (nSPS) is 8.17. The minimum atomic E-state index is -0.333. The van der Waals surface area contributed by atoms with Crippen molar-refractivity contribution in [3.8, 4) is 0 Å². The second-order valence-corrected chi connectivity index (χ2v) is 2.53. The highest BCUT2D eigenvalue weighted by molar-refractivity contribution is 5.73. The Hall–Kier alpha value is -1.06. The van der Waals surface area contributed by atoms with Crippen LogP contribution in [-0.2, 0) is 9.59 Å². The van der Waals surface area contributed by atoms with E-state index in [-0.39, 0.29) is 11.8 Å². The molecule has 0 spiro atoms. The molecule has 4 heteroatoms. The summed E-state index contributed by atoms with van der Waals surface area (Å²) in [6.07, 6.45) is 3.76. The van der Waals surface area contributed by atoms with Gasteiger partial charge < -0.3 is 11.5 Å². The summed E-state index contributed by atoms with van der Waals surface area (Å²) in [5, 5.41) is 0. The zero-order valence-corrected chi connectivity index (χ0v) is 7.80. The van der Waals surface area contributed by atoms with Gasteiger partial charge in [0.25, 0.3) is 0 Å². The molecule has 0 bridgehead atoms. The lowest BCUT2D eigenvalue weighted by atomic mass is 10.2. The average Bonchev–Trinajstić information content (AvgIpc) is 1.86. The lowest BCUT2D eigenvalue weighted by molar-refractivity contribution is -0.118. The first-order valence-electron chi connectivity index (χ1n) is 4.05. The van der Waals surface area contributed by atoms with Crippen LogP contribution in [0.1, 0.15) is 39.5 Å². The Morgan fingerprint density at radius 1 is 1.17 bits per heavy atom.